The number of benzene rings is 2. The van der Waals surface area contributed by atoms with Gasteiger partial charge in [-0.15, -0.1) is 11.3 Å². The Morgan fingerprint density at radius 3 is 2.42 bits per heavy atom. The van der Waals surface area contributed by atoms with E-state index in [4.69, 9.17) is 23.2 Å². The molecule has 0 aliphatic carbocycles. The van der Waals surface area contributed by atoms with Crippen LogP contribution in [-0.2, 0) is 0 Å². The number of rotatable bonds is 3. The van der Waals surface area contributed by atoms with Crippen LogP contribution in [0.4, 0.5) is 10.5 Å². The molecule has 0 spiro atoms. The highest BCUT2D eigenvalue weighted by atomic mass is 35.5. The van der Waals surface area contributed by atoms with Gasteiger partial charge >= 0.3 is 6.03 Å². The summed E-state index contributed by atoms with van der Waals surface area (Å²) in [6, 6.07) is 14.2. The predicted octanol–water partition coefficient (Wildman–Crippen LogP) is 5.50. The third-order valence-corrected chi connectivity index (χ3v) is 6.30. The van der Waals surface area contributed by atoms with Crippen molar-refractivity contribution in [1.82, 2.24) is 14.8 Å². The van der Waals surface area contributed by atoms with Gasteiger partial charge in [-0.25, -0.2) is 9.78 Å². The summed E-state index contributed by atoms with van der Waals surface area (Å²) in [7, 11) is 0. The van der Waals surface area contributed by atoms with Crippen molar-refractivity contribution in [1.29, 1.82) is 0 Å². The zero-order valence-corrected chi connectivity index (χ0v) is 18.9. The molecule has 1 aliphatic rings. The van der Waals surface area contributed by atoms with Crippen LogP contribution in [0, 0.1) is 0 Å². The normalized spacial score (nSPS) is 14.3. The molecule has 1 aliphatic heterocycles. The van der Waals surface area contributed by atoms with Crippen molar-refractivity contribution in [2.75, 3.05) is 31.5 Å². The topological polar surface area (TPSA) is 65.5 Å². The average molecular weight is 475 g/mol. The largest absolute Gasteiger partial charge is 0.335 e. The smallest absolute Gasteiger partial charge is 0.321 e. The van der Waals surface area contributed by atoms with Crippen LogP contribution in [0.25, 0.3) is 10.6 Å². The molecule has 9 heteroatoms. The number of aromatic nitrogens is 1. The Kier molecular flexibility index (Phi) is 6.75. The van der Waals surface area contributed by atoms with Crippen molar-refractivity contribution in [3.8, 4) is 10.6 Å². The Hall–Kier alpha value is -2.61. The summed E-state index contributed by atoms with van der Waals surface area (Å²) in [4.78, 5) is 33.6. The number of carbonyl (C=O) groups is 2. The Morgan fingerprint density at radius 2 is 1.65 bits per heavy atom. The van der Waals surface area contributed by atoms with E-state index in [2.05, 4.69) is 10.3 Å². The highest BCUT2D eigenvalue weighted by Crippen LogP contribution is 2.26. The number of nitrogens with zero attached hydrogens (tertiary/aromatic N) is 3. The predicted molar refractivity (Wildman–Crippen MR) is 125 cm³/mol. The van der Waals surface area contributed by atoms with E-state index >= 15 is 0 Å². The van der Waals surface area contributed by atoms with Crippen molar-refractivity contribution >= 4 is 52.2 Å². The lowest BCUT2D eigenvalue weighted by Gasteiger charge is -2.22. The summed E-state index contributed by atoms with van der Waals surface area (Å²) >= 11 is 13.5. The lowest BCUT2D eigenvalue weighted by molar-refractivity contribution is 0.0757. The van der Waals surface area contributed by atoms with Gasteiger partial charge in [-0.05, 0) is 36.8 Å². The summed E-state index contributed by atoms with van der Waals surface area (Å²) in [6.45, 7) is 2.04. The van der Waals surface area contributed by atoms with Gasteiger partial charge in [0.05, 0.1) is 0 Å². The number of anilines is 1. The van der Waals surface area contributed by atoms with Crippen LogP contribution in [0.3, 0.4) is 0 Å². The summed E-state index contributed by atoms with van der Waals surface area (Å²) in [5.74, 6) is -0.123. The quantitative estimate of drug-likeness (QED) is 0.544. The van der Waals surface area contributed by atoms with Crippen LogP contribution < -0.4 is 5.32 Å². The second-order valence-corrected chi connectivity index (χ2v) is 8.85. The van der Waals surface area contributed by atoms with Gasteiger partial charge in [-0.2, -0.15) is 0 Å². The molecule has 4 rings (SSSR count). The lowest BCUT2D eigenvalue weighted by atomic mass is 10.2. The van der Waals surface area contributed by atoms with Gasteiger partial charge < -0.3 is 15.1 Å². The first-order chi connectivity index (χ1) is 15.0. The van der Waals surface area contributed by atoms with E-state index in [1.807, 2.05) is 18.2 Å². The summed E-state index contributed by atoms with van der Waals surface area (Å²) in [5, 5.41) is 6.57. The minimum atomic E-state index is -0.200. The summed E-state index contributed by atoms with van der Waals surface area (Å²) in [5.41, 5.74) is 1.94. The fourth-order valence-corrected chi connectivity index (χ4v) is 4.55. The molecule has 1 saturated heterocycles. The molecule has 3 aromatic rings. The lowest BCUT2D eigenvalue weighted by Crippen LogP contribution is -2.39. The second-order valence-electron chi connectivity index (χ2n) is 7.12. The Balaban J connectivity index is 1.38. The highest BCUT2D eigenvalue weighted by molar-refractivity contribution is 7.13. The molecule has 0 radical (unpaired) electrons. The van der Waals surface area contributed by atoms with Crippen molar-refractivity contribution < 1.29 is 9.59 Å². The molecule has 1 N–H and O–H groups in total. The third-order valence-electron chi connectivity index (χ3n) is 4.94. The average Bonchev–Trinajstić information content (AvgIpc) is 3.11. The number of thiazole rings is 1. The maximum Gasteiger partial charge on any atom is 0.321 e. The SMILES string of the molecule is O=C(Nc1cccc(Cl)c1)N1CCCN(C(=O)c2csc(-c3cccc(Cl)c3)n2)CC1. The van der Waals surface area contributed by atoms with Crippen molar-refractivity contribution in [3.05, 3.63) is 69.7 Å². The van der Waals surface area contributed by atoms with Crippen molar-refractivity contribution in [2.24, 2.45) is 0 Å². The highest BCUT2D eigenvalue weighted by Gasteiger charge is 2.24. The first-order valence-corrected chi connectivity index (χ1v) is 11.5. The molecular formula is C22H20Cl2N4O2S. The van der Waals surface area contributed by atoms with Gasteiger partial charge in [-0.1, -0.05) is 41.4 Å². The molecule has 31 heavy (non-hydrogen) atoms. The fraction of sp³-hybridized carbons (Fsp3) is 0.227. The molecule has 1 fully saturated rings. The molecule has 6 nitrogen and oxygen atoms in total. The molecule has 0 bridgehead atoms. The van der Waals surface area contributed by atoms with Gasteiger partial charge in [0.1, 0.15) is 10.7 Å². The van der Waals surface area contributed by atoms with E-state index in [9.17, 15) is 9.59 Å². The molecule has 2 heterocycles. The number of hydrogen-bond acceptors (Lipinski definition) is 4. The van der Waals surface area contributed by atoms with Gasteiger partial charge in [0.15, 0.2) is 0 Å². The minimum absolute atomic E-state index is 0.123. The van der Waals surface area contributed by atoms with Crippen LogP contribution in [0.2, 0.25) is 10.0 Å². The first kappa shape index (κ1) is 21.6. The van der Waals surface area contributed by atoms with Crippen molar-refractivity contribution in [3.63, 3.8) is 0 Å². The van der Waals surface area contributed by atoms with Gasteiger partial charge in [0.25, 0.3) is 5.91 Å². The van der Waals surface area contributed by atoms with E-state index < -0.39 is 0 Å². The number of amides is 3. The molecule has 0 atom stereocenters. The van der Waals surface area contributed by atoms with Crippen LogP contribution in [0.15, 0.2) is 53.9 Å². The Labute approximate surface area is 194 Å². The first-order valence-electron chi connectivity index (χ1n) is 9.82. The molecule has 0 saturated carbocycles. The van der Waals surface area contributed by atoms with Gasteiger partial charge in [0, 0.05) is 52.9 Å². The van der Waals surface area contributed by atoms with Crippen molar-refractivity contribution in [2.45, 2.75) is 6.42 Å². The van der Waals surface area contributed by atoms with Crippen LogP contribution >= 0.6 is 34.5 Å². The maximum atomic E-state index is 13.0. The number of halogens is 2. The minimum Gasteiger partial charge on any atom is -0.335 e. The molecule has 1 aromatic heterocycles. The second kappa shape index (κ2) is 9.68. The monoisotopic (exact) mass is 474 g/mol. The zero-order chi connectivity index (χ0) is 21.8. The van der Waals surface area contributed by atoms with Crippen LogP contribution in [0.5, 0.6) is 0 Å². The van der Waals surface area contributed by atoms with Gasteiger partial charge in [0.2, 0.25) is 0 Å². The standard InChI is InChI=1S/C22H20Cl2N4O2S/c23-16-5-1-4-15(12-16)20-26-19(14-31-20)21(29)27-8-3-9-28(11-10-27)22(30)25-18-7-2-6-17(24)13-18/h1-2,4-7,12-14H,3,8-11H2,(H,25,30). The molecule has 0 unspecified atom stereocenters. The Morgan fingerprint density at radius 1 is 0.935 bits per heavy atom. The number of urea groups is 1. The molecular weight excluding hydrogens is 455 g/mol. The fourth-order valence-electron chi connectivity index (χ4n) is 3.38. The molecule has 3 amide bonds. The Bertz CT molecular complexity index is 1100. The summed E-state index contributed by atoms with van der Waals surface area (Å²) < 4.78 is 0. The number of nitrogens with one attached hydrogen (secondary N) is 1. The van der Waals surface area contributed by atoms with E-state index in [1.165, 1.54) is 11.3 Å². The van der Waals surface area contributed by atoms with Gasteiger partial charge in [-0.3, -0.25) is 4.79 Å². The molecule has 160 valence electrons. The van der Waals surface area contributed by atoms with E-state index in [-0.39, 0.29) is 11.9 Å². The third kappa shape index (κ3) is 5.36. The number of hydrogen-bond donors (Lipinski definition) is 1. The van der Waals surface area contributed by atoms with E-state index in [1.54, 1.807) is 45.5 Å². The van der Waals surface area contributed by atoms with E-state index in [0.717, 1.165) is 10.6 Å². The number of carbonyl (C=O) groups excluding carboxylic acids is 2. The van der Waals surface area contributed by atoms with Crippen LogP contribution in [0.1, 0.15) is 16.9 Å². The molecule has 2 aromatic carbocycles. The summed E-state index contributed by atoms with van der Waals surface area (Å²) in [6.07, 6.45) is 0.694. The van der Waals surface area contributed by atoms with Crippen LogP contribution in [-0.4, -0.2) is 52.9 Å². The zero-order valence-electron chi connectivity index (χ0n) is 16.6. The van der Waals surface area contributed by atoms with E-state index in [0.29, 0.717) is 54.0 Å². The maximum absolute atomic E-state index is 13.0.